The zero-order valence-corrected chi connectivity index (χ0v) is 15.8. The van der Waals surface area contributed by atoms with Crippen LogP contribution in [0.15, 0.2) is 23.1 Å². The summed E-state index contributed by atoms with van der Waals surface area (Å²) in [5.41, 5.74) is 0. The first-order valence-electron chi connectivity index (χ1n) is 8.93. The Labute approximate surface area is 153 Å². The zero-order chi connectivity index (χ0) is 19.1. The van der Waals surface area contributed by atoms with Crippen molar-refractivity contribution in [1.82, 2.24) is 9.21 Å². The van der Waals surface area contributed by atoms with Gasteiger partial charge in [-0.25, -0.2) is 17.2 Å². The van der Waals surface area contributed by atoms with Crippen LogP contribution in [-0.4, -0.2) is 49.7 Å². The number of amides is 1. The van der Waals surface area contributed by atoms with Crippen molar-refractivity contribution in [2.75, 3.05) is 20.1 Å². The van der Waals surface area contributed by atoms with Crippen LogP contribution >= 0.6 is 0 Å². The molecule has 5 nitrogen and oxygen atoms in total. The maximum absolute atomic E-state index is 13.4. The molecule has 8 heteroatoms. The molecule has 1 aromatic rings. The summed E-state index contributed by atoms with van der Waals surface area (Å²) in [7, 11) is -2.07. The van der Waals surface area contributed by atoms with E-state index in [1.54, 1.807) is 4.90 Å². The molecular weight excluding hydrogens is 362 g/mol. The van der Waals surface area contributed by atoms with E-state index in [4.69, 9.17) is 0 Å². The van der Waals surface area contributed by atoms with E-state index in [0.717, 1.165) is 25.0 Å². The molecule has 144 valence electrons. The van der Waals surface area contributed by atoms with Crippen molar-refractivity contribution < 1.29 is 22.0 Å². The summed E-state index contributed by atoms with van der Waals surface area (Å²) in [5.74, 6) is -1.82. The molecule has 2 aliphatic rings. The standard InChI is InChI=1S/C18H24F2N2O3S/c1-12(13-3-4-13)21(2)18(23)14-7-9-22(10-8-14)26(24,25)15-5-6-16(19)17(20)11-15/h5-6,11-14H,3-4,7-10H2,1-2H3. The molecule has 3 rings (SSSR count). The Bertz CT molecular complexity index is 788. The third-order valence-electron chi connectivity index (χ3n) is 5.59. The second-order valence-electron chi connectivity index (χ2n) is 7.28. The Hall–Kier alpha value is -1.54. The van der Waals surface area contributed by atoms with E-state index in [1.165, 1.54) is 4.31 Å². The second kappa shape index (κ2) is 7.23. The number of rotatable bonds is 5. The third kappa shape index (κ3) is 3.76. The summed E-state index contributed by atoms with van der Waals surface area (Å²) in [6.07, 6.45) is 3.18. The number of carbonyl (C=O) groups excluding carboxylic acids is 1. The van der Waals surface area contributed by atoms with Gasteiger partial charge in [0.1, 0.15) is 0 Å². The Morgan fingerprint density at radius 2 is 1.77 bits per heavy atom. The number of sulfonamides is 1. The maximum atomic E-state index is 13.4. The molecule has 1 saturated heterocycles. The Balaban J connectivity index is 1.63. The number of hydrogen-bond acceptors (Lipinski definition) is 3. The van der Waals surface area contributed by atoms with Crippen LogP contribution in [0.25, 0.3) is 0 Å². The van der Waals surface area contributed by atoms with Crippen molar-refractivity contribution in [3.63, 3.8) is 0 Å². The molecule has 2 fully saturated rings. The van der Waals surface area contributed by atoms with Crippen molar-refractivity contribution in [2.45, 2.75) is 43.5 Å². The largest absolute Gasteiger partial charge is 0.343 e. The fraction of sp³-hybridized carbons (Fsp3) is 0.611. The van der Waals surface area contributed by atoms with Gasteiger partial charge >= 0.3 is 0 Å². The monoisotopic (exact) mass is 386 g/mol. The number of nitrogens with zero attached hydrogens (tertiary/aromatic N) is 2. The lowest BCUT2D eigenvalue weighted by atomic mass is 9.96. The summed E-state index contributed by atoms with van der Waals surface area (Å²) < 4.78 is 52.9. The lowest BCUT2D eigenvalue weighted by molar-refractivity contribution is -0.137. The van der Waals surface area contributed by atoms with Crippen LogP contribution in [0.1, 0.15) is 32.6 Å². The topological polar surface area (TPSA) is 57.7 Å². The van der Waals surface area contributed by atoms with E-state index in [9.17, 15) is 22.0 Å². The molecule has 0 spiro atoms. The molecule has 1 aliphatic heterocycles. The minimum atomic E-state index is -3.89. The third-order valence-corrected chi connectivity index (χ3v) is 7.49. The molecule has 0 bridgehead atoms. The van der Waals surface area contributed by atoms with Crippen LogP contribution in [0.3, 0.4) is 0 Å². The predicted octanol–water partition coefficient (Wildman–Crippen LogP) is 2.62. The molecule has 1 amide bonds. The number of benzene rings is 1. The summed E-state index contributed by atoms with van der Waals surface area (Å²) in [6, 6.07) is 2.79. The number of carbonyl (C=O) groups is 1. The minimum Gasteiger partial charge on any atom is -0.343 e. The second-order valence-corrected chi connectivity index (χ2v) is 9.22. The first kappa shape index (κ1) is 19.2. The van der Waals surface area contributed by atoms with E-state index >= 15 is 0 Å². The fourth-order valence-electron chi connectivity index (χ4n) is 3.51. The van der Waals surface area contributed by atoms with Gasteiger partial charge in [-0.05, 0) is 56.7 Å². The van der Waals surface area contributed by atoms with Crippen molar-refractivity contribution in [3.8, 4) is 0 Å². The Morgan fingerprint density at radius 3 is 2.31 bits per heavy atom. The molecule has 0 N–H and O–H groups in total. The van der Waals surface area contributed by atoms with Crippen LogP contribution in [-0.2, 0) is 14.8 Å². The van der Waals surface area contributed by atoms with Crippen LogP contribution in [0.4, 0.5) is 8.78 Å². The number of halogens is 2. The van der Waals surface area contributed by atoms with Gasteiger partial charge in [-0.3, -0.25) is 4.79 Å². The first-order chi connectivity index (χ1) is 12.2. The summed E-state index contributed by atoms with van der Waals surface area (Å²) in [5, 5.41) is 0. The van der Waals surface area contributed by atoms with Gasteiger partial charge in [0.05, 0.1) is 4.90 Å². The molecule has 0 radical (unpaired) electrons. The first-order valence-corrected chi connectivity index (χ1v) is 10.4. The predicted molar refractivity (Wildman–Crippen MR) is 92.8 cm³/mol. The van der Waals surface area contributed by atoms with Crippen molar-refractivity contribution in [2.24, 2.45) is 11.8 Å². The molecule has 1 atom stereocenters. The maximum Gasteiger partial charge on any atom is 0.243 e. The zero-order valence-electron chi connectivity index (χ0n) is 15.0. The molecule has 26 heavy (non-hydrogen) atoms. The highest BCUT2D eigenvalue weighted by Gasteiger charge is 2.37. The highest BCUT2D eigenvalue weighted by molar-refractivity contribution is 7.89. The Kier molecular flexibility index (Phi) is 5.35. The van der Waals surface area contributed by atoms with E-state index in [2.05, 4.69) is 6.92 Å². The quantitative estimate of drug-likeness (QED) is 0.782. The molecule has 1 heterocycles. The van der Waals surface area contributed by atoms with Gasteiger partial charge in [-0.15, -0.1) is 0 Å². The summed E-state index contributed by atoms with van der Waals surface area (Å²) in [6.45, 7) is 2.45. The highest BCUT2D eigenvalue weighted by Crippen LogP contribution is 2.35. The van der Waals surface area contributed by atoms with E-state index in [1.807, 2.05) is 7.05 Å². The lowest BCUT2D eigenvalue weighted by Gasteiger charge is -2.34. The van der Waals surface area contributed by atoms with Crippen molar-refractivity contribution in [1.29, 1.82) is 0 Å². The van der Waals surface area contributed by atoms with Crippen LogP contribution < -0.4 is 0 Å². The average molecular weight is 386 g/mol. The molecule has 1 aromatic carbocycles. The van der Waals surface area contributed by atoms with Crippen LogP contribution in [0.5, 0.6) is 0 Å². The van der Waals surface area contributed by atoms with Gasteiger partial charge in [0.25, 0.3) is 0 Å². The van der Waals surface area contributed by atoms with Crippen LogP contribution in [0, 0.1) is 23.5 Å². The lowest BCUT2D eigenvalue weighted by Crippen LogP contribution is -2.46. The highest BCUT2D eigenvalue weighted by atomic mass is 32.2. The number of piperidine rings is 1. The SMILES string of the molecule is CC(C1CC1)N(C)C(=O)C1CCN(S(=O)(=O)c2ccc(F)c(F)c2)CC1. The molecule has 0 aromatic heterocycles. The van der Waals surface area contributed by atoms with E-state index < -0.39 is 21.7 Å². The minimum absolute atomic E-state index is 0.0641. The van der Waals surface area contributed by atoms with Crippen LogP contribution in [0.2, 0.25) is 0 Å². The normalized spacial score (nSPS) is 20.8. The number of hydrogen-bond donors (Lipinski definition) is 0. The molecule has 1 saturated carbocycles. The van der Waals surface area contributed by atoms with E-state index in [0.29, 0.717) is 24.8 Å². The smallest absolute Gasteiger partial charge is 0.243 e. The van der Waals surface area contributed by atoms with Gasteiger partial charge in [0.2, 0.25) is 15.9 Å². The van der Waals surface area contributed by atoms with Crippen molar-refractivity contribution in [3.05, 3.63) is 29.8 Å². The Morgan fingerprint density at radius 1 is 1.15 bits per heavy atom. The average Bonchev–Trinajstić information content (AvgIpc) is 3.47. The van der Waals surface area contributed by atoms with Gasteiger partial charge < -0.3 is 4.90 Å². The van der Waals surface area contributed by atoms with Crippen molar-refractivity contribution >= 4 is 15.9 Å². The van der Waals surface area contributed by atoms with Gasteiger partial charge in [-0.2, -0.15) is 4.31 Å². The molecule has 1 aliphatic carbocycles. The van der Waals surface area contributed by atoms with Gasteiger partial charge in [0, 0.05) is 32.1 Å². The van der Waals surface area contributed by atoms with Gasteiger partial charge in [-0.1, -0.05) is 0 Å². The summed E-state index contributed by atoms with van der Waals surface area (Å²) >= 11 is 0. The van der Waals surface area contributed by atoms with E-state index in [-0.39, 0.29) is 35.9 Å². The fourth-order valence-corrected chi connectivity index (χ4v) is 5.00. The summed E-state index contributed by atoms with van der Waals surface area (Å²) in [4.78, 5) is 14.2. The molecular formula is C18H24F2N2O3S. The van der Waals surface area contributed by atoms with Gasteiger partial charge in [0.15, 0.2) is 11.6 Å². The molecule has 1 unspecified atom stereocenters.